The van der Waals surface area contributed by atoms with Gasteiger partial charge in [-0.15, -0.1) is 0 Å². The van der Waals surface area contributed by atoms with Crippen molar-refractivity contribution >= 4 is 11.9 Å². The predicted octanol–water partition coefficient (Wildman–Crippen LogP) is 1.71. The SMILES string of the molecule is CCNC(=NCc1cccc(OCC)c1)N1CCN(C(C)=O)CC1. The molecule has 132 valence electrons. The van der Waals surface area contributed by atoms with Gasteiger partial charge in [0.2, 0.25) is 5.91 Å². The summed E-state index contributed by atoms with van der Waals surface area (Å²) in [5.41, 5.74) is 1.12. The van der Waals surface area contributed by atoms with E-state index in [1.807, 2.05) is 30.0 Å². The van der Waals surface area contributed by atoms with Crippen LogP contribution in [0.3, 0.4) is 0 Å². The van der Waals surface area contributed by atoms with Crippen molar-refractivity contribution in [2.24, 2.45) is 4.99 Å². The smallest absolute Gasteiger partial charge is 0.219 e. The minimum atomic E-state index is 0.143. The standard InChI is InChI=1S/C18H28N4O2/c1-4-19-18(22-11-9-21(10-12-22)15(3)23)20-14-16-7-6-8-17(13-16)24-5-2/h6-8,13H,4-5,9-12,14H2,1-3H3,(H,19,20). The molecule has 1 fully saturated rings. The van der Waals surface area contributed by atoms with Crippen LogP contribution in [0.2, 0.25) is 0 Å². The molecular formula is C18H28N4O2. The second kappa shape index (κ2) is 9.15. The zero-order chi connectivity index (χ0) is 17.4. The van der Waals surface area contributed by atoms with Crippen molar-refractivity contribution < 1.29 is 9.53 Å². The summed E-state index contributed by atoms with van der Waals surface area (Å²) in [4.78, 5) is 20.3. The molecule has 1 saturated heterocycles. The number of hydrogen-bond donors (Lipinski definition) is 1. The molecule has 0 aliphatic carbocycles. The van der Waals surface area contributed by atoms with Crippen LogP contribution in [0.15, 0.2) is 29.3 Å². The summed E-state index contributed by atoms with van der Waals surface area (Å²) in [6.07, 6.45) is 0. The zero-order valence-electron chi connectivity index (χ0n) is 14.9. The Morgan fingerprint density at radius 1 is 1.21 bits per heavy atom. The number of rotatable bonds is 5. The summed E-state index contributed by atoms with van der Waals surface area (Å²) >= 11 is 0. The second-order valence-corrected chi connectivity index (χ2v) is 5.74. The van der Waals surface area contributed by atoms with Gasteiger partial charge in [-0.25, -0.2) is 4.99 Å². The molecule has 2 rings (SSSR count). The highest BCUT2D eigenvalue weighted by molar-refractivity contribution is 5.80. The molecule has 0 atom stereocenters. The van der Waals surface area contributed by atoms with Gasteiger partial charge in [0.05, 0.1) is 13.2 Å². The number of guanidine groups is 1. The molecule has 0 aromatic heterocycles. The second-order valence-electron chi connectivity index (χ2n) is 5.74. The van der Waals surface area contributed by atoms with Crippen LogP contribution >= 0.6 is 0 Å². The van der Waals surface area contributed by atoms with E-state index in [4.69, 9.17) is 9.73 Å². The number of nitrogens with zero attached hydrogens (tertiary/aromatic N) is 3. The van der Waals surface area contributed by atoms with Crippen LogP contribution in [0.1, 0.15) is 26.3 Å². The van der Waals surface area contributed by atoms with Crippen molar-refractivity contribution in [2.45, 2.75) is 27.3 Å². The van der Waals surface area contributed by atoms with Crippen LogP contribution < -0.4 is 10.1 Å². The fraction of sp³-hybridized carbons (Fsp3) is 0.556. The Hall–Kier alpha value is -2.24. The van der Waals surface area contributed by atoms with Crippen LogP contribution in [-0.4, -0.2) is 61.0 Å². The Labute approximate surface area is 144 Å². The van der Waals surface area contributed by atoms with Crippen molar-refractivity contribution in [3.05, 3.63) is 29.8 Å². The van der Waals surface area contributed by atoms with E-state index in [1.54, 1.807) is 6.92 Å². The van der Waals surface area contributed by atoms with Gasteiger partial charge < -0.3 is 19.9 Å². The van der Waals surface area contributed by atoms with E-state index in [-0.39, 0.29) is 5.91 Å². The van der Waals surface area contributed by atoms with Crippen LogP contribution in [0.25, 0.3) is 0 Å². The highest BCUT2D eigenvalue weighted by Crippen LogP contribution is 2.14. The topological polar surface area (TPSA) is 57.2 Å². The monoisotopic (exact) mass is 332 g/mol. The van der Waals surface area contributed by atoms with E-state index in [0.29, 0.717) is 13.2 Å². The van der Waals surface area contributed by atoms with E-state index in [0.717, 1.165) is 50.0 Å². The molecule has 1 aromatic carbocycles. The van der Waals surface area contributed by atoms with Gasteiger partial charge in [-0.2, -0.15) is 0 Å². The van der Waals surface area contributed by atoms with Gasteiger partial charge in [-0.1, -0.05) is 12.1 Å². The number of nitrogens with one attached hydrogen (secondary N) is 1. The molecule has 0 unspecified atom stereocenters. The van der Waals surface area contributed by atoms with E-state index < -0.39 is 0 Å². The Morgan fingerprint density at radius 2 is 1.92 bits per heavy atom. The molecule has 0 saturated carbocycles. The molecule has 1 aliphatic rings. The lowest BCUT2D eigenvalue weighted by Gasteiger charge is -2.36. The lowest BCUT2D eigenvalue weighted by atomic mass is 10.2. The molecule has 1 aliphatic heterocycles. The van der Waals surface area contributed by atoms with E-state index >= 15 is 0 Å². The van der Waals surface area contributed by atoms with Gasteiger partial charge in [0, 0.05) is 39.6 Å². The molecule has 1 heterocycles. The molecule has 6 heteroatoms. The van der Waals surface area contributed by atoms with Crippen molar-refractivity contribution in [1.29, 1.82) is 0 Å². The molecular weight excluding hydrogens is 304 g/mol. The van der Waals surface area contributed by atoms with Gasteiger partial charge in [0.1, 0.15) is 5.75 Å². The first kappa shape index (κ1) is 18.1. The number of piperazine rings is 1. The first-order chi connectivity index (χ1) is 11.6. The highest BCUT2D eigenvalue weighted by Gasteiger charge is 2.20. The van der Waals surface area contributed by atoms with Crippen LogP contribution in [-0.2, 0) is 11.3 Å². The summed E-state index contributed by atoms with van der Waals surface area (Å²) < 4.78 is 5.54. The fourth-order valence-corrected chi connectivity index (χ4v) is 2.73. The van der Waals surface area contributed by atoms with Gasteiger partial charge >= 0.3 is 0 Å². The summed E-state index contributed by atoms with van der Waals surface area (Å²) in [5.74, 6) is 1.93. The zero-order valence-corrected chi connectivity index (χ0v) is 14.9. The van der Waals surface area contributed by atoms with Crippen molar-refractivity contribution in [1.82, 2.24) is 15.1 Å². The summed E-state index contributed by atoms with van der Waals surface area (Å²) in [6.45, 7) is 10.9. The van der Waals surface area contributed by atoms with Crippen molar-refractivity contribution in [3.63, 3.8) is 0 Å². The molecule has 1 amide bonds. The number of aliphatic imine (C=N–C) groups is 1. The molecule has 24 heavy (non-hydrogen) atoms. The first-order valence-corrected chi connectivity index (χ1v) is 8.64. The summed E-state index contributed by atoms with van der Waals surface area (Å²) in [6, 6.07) is 8.05. The third kappa shape index (κ3) is 5.15. The minimum Gasteiger partial charge on any atom is -0.494 e. The van der Waals surface area contributed by atoms with E-state index in [9.17, 15) is 4.79 Å². The average molecular weight is 332 g/mol. The molecule has 1 aromatic rings. The quantitative estimate of drug-likeness (QED) is 0.659. The molecule has 0 spiro atoms. The van der Waals surface area contributed by atoms with Gasteiger partial charge in [0.25, 0.3) is 0 Å². The van der Waals surface area contributed by atoms with Crippen LogP contribution in [0.5, 0.6) is 5.75 Å². The van der Waals surface area contributed by atoms with Gasteiger partial charge in [-0.3, -0.25) is 4.79 Å². The molecule has 6 nitrogen and oxygen atoms in total. The maximum Gasteiger partial charge on any atom is 0.219 e. The Kier molecular flexibility index (Phi) is 6.90. The van der Waals surface area contributed by atoms with Crippen LogP contribution in [0.4, 0.5) is 0 Å². The minimum absolute atomic E-state index is 0.143. The maximum atomic E-state index is 11.4. The third-order valence-corrected chi connectivity index (χ3v) is 3.98. The Morgan fingerprint density at radius 3 is 2.54 bits per heavy atom. The van der Waals surface area contributed by atoms with Gasteiger partial charge in [-0.05, 0) is 31.5 Å². The maximum absolute atomic E-state index is 11.4. The number of ether oxygens (including phenoxy) is 1. The largest absolute Gasteiger partial charge is 0.494 e. The van der Waals surface area contributed by atoms with Crippen molar-refractivity contribution in [2.75, 3.05) is 39.3 Å². The van der Waals surface area contributed by atoms with Crippen molar-refractivity contribution in [3.8, 4) is 5.75 Å². The highest BCUT2D eigenvalue weighted by atomic mass is 16.5. The Balaban J connectivity index is 2.00. The average Bonchev–Trinajstić information content (AvgIpc) is 2.59. The third-order valence-electron chi connectivity index (χ3n) is 3.98. The van der Waals surface area contributed by atoms with Crippen LogP contribution in [0, 0.1) is 0 Å². The molecule has 0 radical (unpaired) electrons. The number of amides is 1. The molecule has 1 N–H and O–H groups in total. The number of carbonyl (C=O) groups excluding carboxylic acids is 1. The number of benzene rings is 1. The lowest BCUT2D eigenvalue weighted by Crippen LogP contribution is -2.53. The lowest BCUT2D eigenvalue weighted by molar-refractivity contribution is -0.130. The van der Waals surface area contributed by atoms with E-state index in [1.165, 1.54) is 0 Å². The summed E-state index contributed by atoms with van der Waals surface area (Å²) in [5, 5.41) is 3.35. The number of hydrogen-bond acceptors (Lipinski definition) is 3. The predicted molar refractivity (Wildman–Crippen MR) is 96.3 cm³/mol. The van der Waals surface area contributed by atoms with Gasteiger partial charge in [0.15, 0.2) is 5.96 Å². The number of carbonyl (C=O) groups is 1. The molecule has 0 bridgehead atoms. The summed E-state index contributed by atoms with van der Waals surface area (Å²) in [7, 11) is 0. The first-order valence-electron chi connectivity index (χ1n) is 8.64. The fourth-order valence-electron chi connectivity index (χ4n) is 2.73. The normalized spacial score (nSPS) is 15.4. The Bertz CT molecular complexity index is 566. The van der Waals surface area contributed by atoms with E-state index in [2.05, 4.69) is 23.2 Å².